The quantitative estimate of drug-likeness (QED) is 0.707. The molecule has 0 saturated carbocycles. The minimum absolute atomic E-state index is 0.545. The number of likely N-dealkylation sites (N-methyl/N-ethyl adjacent to an activating group) is 1. The Bertz CT molecular complexity index is 292. The van der Waals surface area contributed by atoms with E-state index in [0.717, 1.165) is 12.0 Å². The molecule has 92 valence electrons. The molecule has 3 nitrogen and oxygen atoms in total. The van der Waals surface area contributed by atoms with Gasteiger partial charge in [-0.05, 0) is 39.4 Å². The van der Waals surface area contributed by atoms with E-state index in [9.17, 15) is 9.90 Å². The molecule has 0 spiro atoms. The van der Waals surface area contributed by atoms with Gasteiger partial charge in [-0.2, -0.15) is 0 Å². The Morgan fingerprint density at radius 2 is 1.94 bits per heavy atom. The van der Waals surface area contributed by atoms with E-state index in [-0.39, 0.29) is 0 Å². The second-order valence-corrected chi connectivity index (χ2v) is 3.97. The molecule has 1 N–H and O–H groups in total. The third-order valence-corrected chi connectivity index (χ3v) is 2.95. The number of hydrogen-bond donors (Lipinski definition) is 1. The molecule has 3 heteroatoms. The zero-order valence-electron chi connectivity index (χ0n) is 10.9. The Morgan fingerprint density at radius 3 is 2.19 bits per heavy atom. The normalized spacial score (nSPS) is 16.8. The lowest BCUT2D eigenvalue weighted by molar-refractivity contribution is -0.147. The number of nitrogens with zero attached hydrogens (tertiary/aromatic N) is 1. The molecule has 0 aromatic rings. The Hall–Kier alpha value is -1.09. The Kier molecular flexibility index (Phi) is 6.04. The summed E-state index contributed by atoms with van der Waals surface area (Å²) in [5, 5.41) is 9.48. The van der Waals surface area contributed by atoms with E-state index >= 15 is 0 Å². The van der Waals surface area contributed by atoms with Gasteiger partial charge in [0.25, 0.3) is 0 Å². The van der Waals surface area contributed by atoms with Gasteiger partial charge in [0.2, 0.25) is 0 Å². The van der Waals surface area contributed by atoms with Crippen LogP contribution in [0.5, 0.6) is 0 Å². The van der Waals surface area contributed by atoms with Crippen LogP contribution in [0.4, 0.5) is 0 Å². The molecule has 0 fully saturated rings. The second kappa shape index (κ2) is 6.48. The van der Waals surface area contributed by atoms with Crippen LogP contribution in [-0.4, -0.2) is 35.6 Å². The van der Waals surface area contributed by atoms with Crippen LogP contribution in [0.3, 0.4) is 0 Å². The summed E-state index contributed by atoms with van der Waals surface area (Å²) in [6.45, 7) is 5.82. The molecule has 0 aromatic carbocycles. The summed E-state index contributed by atoms with van der Waals surface area (Å²) < 4.78 is 0. The number of carboxylic acid groups (broad SMARTS) is 1. The molecule has 0 aliphatic carbocycles. The first-order valence-corrected chi connectivity index (χ1v) is 5.71. The van der Waals surface area contributed by atoms with E-state index < -0.39 is 11.5 Å². The topological polar surface area (TPSA) is 40.5 Å². The Morgan fingerprint density at radius 1 is 1.38 bits per heavy atom. The molecular weight excluding hydrogens is 202 g/mol. The van der Waals surface area contributed by atoms with Gasteiger partial charge in [0.1, 0.15) is 5.54 Å². The third-order valence-electron chi connectivity index (χ3n) is 2.95. The van der Waals surface area contributed by atoms with Crippen molar-refractivity contribution in [3.63, 3.8) is 0 Å². The van der Waals surface area contributed by atoms with Crippen molar-refractivity contribution in [2.75, 3.05) is 14.1 Å². The second-order valence-electron chi connectivity index (χ2n) is 3.97. The highest BCUT2D eigenvalue weighted by molar-refractivity contribution is 5.84. The lowest BCUT2D eigenvalue weighted by atomic mass is 9.85. The molecule has 0 radical (unpaired) electrons. The van der Waals surface area contributed by atoms with Crippen molar-refractivity contribution in [3.05, 3.63) is 23.8 Å². The minimum atomic E-state index is -0.916. The summed E-state index contributed by atoms with van der Waals surface area (Å²) in [5.74, 6) is -0.797. The number of carbonyl (C=O) groups is 1. The van der Waals surface area contributed by atoms with Crippen LogP contribution in [0, 0.1) is 0 Å². The average Bonchev–Trinajstić information content (AvgIpc) is 2.23. The van der Waals surface area contributed by atoms with Gasteiger partial charge in [-0.15, -0.1) is 0 Å². The number of carboxylic acids is 1. The van der Waals surface area contributed by atoms with Gasteiger partial charge < -0.3 is 5.11 Å². The van der Waals surface area contributed by atoms with Crippen molar-refractivity contribution in [1.29, 1.82) is 0 Å². The van der Waals surface area contributed by atoms with Crippen molar-refractivity contribution in [2.24, 2.45) is 0 Å². The molecule has 0 amide bonds. The predicted octanol–water partition coefficient (Wildman–Crippen LogP) is 2.69. The van der Waals surface area contributed by atoms with Crippen LogP contribution < -0.4 is 0 Å². The minimum Gasteiger partial charge on any atom is -0.480 e. The highest BCUT2D eigenvalue weighted by Crippen LogP contribution is 2.28. The van der Waals surface area contributed by atoms with Gasteiger partial charge in [0, 0.05) is 0 Å². The number of hydrogen-bond acceptors (Lipinski definition) is 2. The molecule has 1 atom stereocenters. The number of aliphatic carboxylic acids is 1. The van der Waals surface area contributed by atoms with Gasteiger partial charge >= 0.3 is 5.97 Å². The fourth-order valence-corrected chi connectivity index (χ4v) is 1.96. The van der Waals surface area contributed by atoms with Gasteiger partial charge in [-0.25, -0.2) is 4.79 Å². The summed E-state index contributed by atoms with van der Waals surface area (Å²) in [4.78, 5) is 13.3. The van der Waals surface area contributed by atoms with Crippen LogP contribution in [-0.2, 0) is 4.79 Å². The summed E-state index contributed by atoms with van der Waals surface area (Å²) in [6, 6.07) is 0. The van der Waals surface area contributed by atoms with Gasteiger partial charge in [0.15, 0.2) is 0 Å². The standard InChI is InChI=1S/C13H23NO2/c1-6-9-10-11(7-2)13(8-3,12(15)16)14(4)5/h7,9-10H,6,8H2,1-5H3,(H,15,16)/b10-9-,11-7+. The van der Waals surface area contributed by atoms with Crippen LogP contribution in [0.25, 0.3) is 0 Å². The highest BCUT2D eigenvalue weighted by Gasteiger charge is 2.41. The van der Waals surface area contributed by atoms with E-state index in [4.69, 9.17) is 0 Å². The van der Waals surface area contributed by atoms with E-state index in [1.54, 1.807) is 19.0 Å². The number of rotatable bonds is 6. The molecule has 0 aliphatic rings. The zero-order valence-corrected chi connectivity index (χ0v) is 10.9. The van der Waals surface area contributed by atoms with Crippen LogP contribution in [0.2, 0.25) is 0 Å². The molecule has 0 rings (SSSR count). The fourth-order valence-electron chi connectivity index (χ4n) is 1.96. The Balaban J connectivity index is 5.47. The van der Waals surface area contributed by atoms with Crippen LogP contribution >= 0.6 is 0 Å². The zero-order chi connectivity index (χ0) is 12.8. The maximum Gasteiger partial charge on any atom is 0.328 e. The lowest BCUT2D eigenvalue weighted by Gasteiger charge is -2.36. The molecule has 0 heterocycles. The van der Waals surface area contributed by atoms with E-state index in [1.165, 1.54) is 0 Å². The average molecular weight is 225 g/mol. The third kappa shape index (κ3) is 2.73. The summed E-state index contributed by atoms with van der Waals surface area (Å²) in [5.41, 5.74) is -0.0743. The molecule has 0 bridgehead atoms. The Labute approximate surface area is 98.5 Å². The van der Waals surface area contributed by atoms with Crippen molar-refractivity contribution in [1.82, 2.24) is 4.90 Å². The molecule has 16 heavy (non-hydrogen) atoms. The first-order chi connectivity index (χ1) is 7.47. The lowest BCUT2D eigenvalue weighted by Crippen LogP contribution is -2.51. The monoisotopic (exact) mass is 225 g/mol. The van der Waals surface area contributed by atoms with Gasteiger partial charge in [-0.3, -0.25) is 4.90 Å². The smallest absolute Gasteiger partial charge is 0.328 e. The maximum atomic E-state index is 11.5. The van der Waals surface area contributed by atoms with Crippen molar-refractivity contribution in [3.8, 4) is 0 Å². The first-order valence-electron chi connectivity index (χ1n) is 5.71. The molecule has 1 unspecified atom stereocenters. The van der Waals surface area contributed by atoms with Crippen LogP contribution in [0.15, 0.2) is 23.8 Å². The predicted molar refractivity (Wildman–Crippen MR) is 67.5 cm³/mol. The molecule has 0 aromatic heterocycles. The fraction of sp³-hybridized carbons (Fsp3) is 0.615. The van der Waals surface area contributed by atoms with Crippen molar-refractivity contribution < 1.29 is 9.90 Å². The van der Waals surface area contributed by atoms with Crippen LogP contribution in [0.1, 0.15) is 33.6 Å². The largest absolute Gasteiger partial charge is 0.480 e. The first kappa shape index (κ1) is 14.9. The molecular formula is C13H23NO2. The SMILES string of the molecule is C/C=C(\C=C/CC)C(CC)(C(=O)O)N(C)C. The maximum absolute atomic E-state index is 11.5. The van der Waals surface area contributed by atoms with E-state index in [0.29, 0.717) is 6.42 Å². The summed E-state index contributed by atoms with van der Waals surface area (Å²) in [7, 11) is 3.61. The molecule has 0 aliphatic heterocycles. The van der Waals surface area contributed by atoms with Crippen molar-refractivity contribution in [2.45, 2.75) is 39.2 Å². The van der Waals surface area contributed by atoms with Gasteiger partial charge in [-0.1, -0.05) is 32.1 Å². The molecule has 0 saturated heterocycles. The highest BCUT2D eigenvalue weighted by atomic mass is 16.4. The number of allylic oxidation sites excluding steroid dienone is 2. The van der Waals surface area contributed by atoms with E-state index in [2.05, 4.69) is 0 Å². The van der Waals surface area contributed by atoms with Gasteiger partial charge in [0.05, 0.1) is 0 Å². The summed E-state index contributed by atoms with van der Waals surface area (Å²) in [6.07, 6.45) is 7.24. The summed E-state index contributed by atoms with van der Waals surface area (Å²) >= 11 is 0. The van der Waals surface area contributed by atoms with Crippen molar-refractivity contribution >= 4 is 5.97 Å². The van der Waals surface area contributed by atoms with E-state index in [1.807, 2.05) is 39.0 Å².